The normalized spacial score (nSPS) is 16.1. The lowest BCUT2D eigenvalue weighted by Gasteiger charge is -2.32. The Bertz CT molecular complexity index is 254. The van der Waals surface area contributed by atoms with E-state index in [9.17, 15) is 0 Å². The number of rotatable bonds is 11. The van der Waals surface area contributed by atoms with Gasteiger partial charge in [0, 0.05) is 32.3 Å². The molecule has 2 N–H and O–H groups in total. The molecule has 0 aliphatic rings. The molecule has 2 atom stereocenters. The van der Waals surface area contributed by atoms with E-state index >= 15 is 0 Å². The van der Waals surface area contributed by atoms with E-state index in [2.05, 4.69) is 17.9 Å². The predicted octanol–water partition coefficient (Wildman–Crippen LogP) is 1.38. The smallest absolute Gasteiger partial charge is 0.102 e. The van der Waals surface area contributed by atoms with Crippen LogP contribution in [-0.4, -0.2) is 56.0 Å². The van der Waals surface area contributed by atoms with Gasteiger partial charge in [0.05, 0.1) is 19.3 Å². The predicted molar refractivity (Wildman–Crippen MR) is 76.8 cm³/mol. The maximum Gasteiger partial charge on any atom is 0.102 e. The summed E-state index contributed by atoms with van der Waals surface area (Å²) in [5.74, 6) is 0. The van der Waals surface area contributed by atoms with Gasteiger partial charge < -0.3 is 15.2 Å². The van der Waals surface area contributed by atoms with Gasteiger partial charge in [-0.05, 0) is 34.1 Å². The fraction of sp³-hybridized carbons (Fsp3) is 0.929. The van der Waals surface area contributed by atoms with Crippen LogP contribution in [0.15, 0.2) is 0 Å². The standard InChI is InChI=1S/C14H29N3O2/c1-5-18-9-7-17(8-10-19-6-2)13(3)11-14(4,16)12-15/h13H,5-11,16H2,1-4H3. The number of nitrogens with zero attached hydrogens (tertiary/aromatic N) is 2. The Labute approximate surface area is 117 Å². The van der Waals surface area contributed by atoms with Gasteiger partial charge in [-0.15, -0.1) is 0 Å². The first kappa shape index (κ1) is 18.3. The van der Waals surface area contributed by atoms with Crippen LogP contribution < -0.4 is 5.73 Å². The number of nitriles is 1. The second kappa shape index (κ2) is 10.2. The van der Waals surface area contributed by atoms with E-state index in [0.717, 1.165) is 26.3 Å². The van der Waals surface area contributed by atoms with Crippen molar-refractivity contribution < 1.29 is 9.47 Å². The van der Waals surface area contributed by atoms with Crippen molar-refractivity contribution in [1.82, 2.24) is 4.90 Å². The minimum Gasteiger partial charge on any atom is -0.380 e. The third-order valence-electron chi connectivity index (χ3n) is 3.05. The van der Waals surface area contributed by atoms with Crippen molar-refractivity contribution in [1.29, 1.82) is 5.26 Å². The first-order valence-electron chi connectivity index (χ1n) is 7.06. The fourth-order valence-electron chi connectivity index (χ4n) is 1.99. The average molecular weight is 271 g/mol. The Balaban J connectivity index is 4.31. The monoisotopic (exact) mass is 271 g/mol. The van der Waals surface area contributed by atoms with Gasteiger partial charge in [0.1, 0.15) is 5.54 Å². The minimum atomic E-state index is -0.783. The highest BCUT2D eigenvalue weighted by molar-refractivity contribution is 5.02. The maximum atomic E-state index is 9.01. The molecule has 0 saturated carbocycles. The van der Waals surface area contributed by atoms with E-state index < -0.39 is 5.54 Å². The zero-order valence-corrected chi connectivity index (χ0v) is 12.8. The first-order valence-corrected chi connectivity index (χ1v) is 7.06. The summed E-state index contributed by atoms with van der Waals surface area (Å²) in [6.45, 7) is 12.4. The van der Waals surface area contributed by atoms with Crippen LogP contribution in [0.5, 0.6) is 0 Å². The lowest BCUT2D eigenvalue weighted by atomic mass is 9.96. The molecule has 5 nitrogen and oxygen atoms in total. The van der Waals surface area contributed by atoms with Crippen molar-refractivity contribution >= 4 is 0 Å². The Hall–Kier alpha value is -0.670. The number of hydrogen-bond donors (Lipinski definition) is 1. The molecule has 0 aliphatic carbocycles. The van der Waals surface area contributed by atoms with E-state index in [4.69, 9.17) is 20.5 Å². The second-order valence-corrected chi connectivity index (χ2v) is 5.01. The van der Waals surface area contributed by atoms with Gasteiger partial charge in [-0.2, -0.15) is 5.26 Å². The van der Waals surface area contributed by atoms with Gasteiger partial charge in [0.15, 0.2) is 0 Å². The van der Waals surface area contributed by atoms with E-state index in [1.54, 1.807) is 6.92 Å². The summed E-state index contributed by atoms with van der Waals surface area (Å²) < 4.78 is 10.8. The molecule has 0 spiro atoms. The first-order chi connectivity index (χ1) is 8.96. The summed E-state index contributed by atoms with van der Waals surface area (Å²) in [7, 11) is 0. The fourth-order valence-corrected chi connectivity index (χ4v) is 1.99. The summed E-state index contributed by atoms with van der Waals surface area (Å²) in [6.07, 6.45) is 0.641. The topological polar surface area (TPSA) is 71.5 Å². The lowest BCUT2D eigenvalue weighted by Crippen LogP contribution is -2.45. The third-order valence-corrected chi connectivity index (χ3v) is 3.05. The molecule has 0 bridgehead atoms. The van der Waals surface area contributed by atoms with Crippen LogP contribution >= 0.6 is 0 Å². The maximum absolute atomic E-state index is 9.01. The molecule has 0 aromatic heterocycles. The minimum absolute atomic E-state index is 0.232. The summed E-state index contributed by atoms with van der Waals surface area (Å²) >= 11 is 0. The van der Waals surface area contributed by atoms with Crippen LogP contribution in [0.25, 0.3) is 0 Å². The second-order valence-electron chi connectivity index (χ2n) is 5.01. The zero-order valence-electron chi connectivity index (χ0n) is 12.8. The van der Waals surface area contributed by atoms with Crippen LogP contribution in [0.1, 0.15) is 34.1 Å². The lowest BCUT2D eigenvalue weighted by molar-refractivity contribution is 0.0615. The van der Waals surface area contributed by atoms with Crippen LogP contribution in [0.3, 0.4) is 0 Å². The molecule has 0 saturated heterocycles. The highest BCUT2D eigenvalue weighted by Gasteiger charge is 2.24. The van der Waals surface area contributed by atoms with Crippen molar-refractivity contribution in [3.8, 4) is 6.07 Å². The van der Waals surface area contributed by atoms with Gasteiger partial charge in [-0.3, -0.25) is 4.90 Å². The number of nitrogens with two attached hydrogens (primary N) is 1. The van der Waals surface area contributed by atoms with Gasteiger partial charge in [0.25, 0.3) is 0 Å². The van der Waals surface area contributed by atoms with Crippen molar-refractivity contribution in [2.45, 2.75) is 45.7 Å². The van der Waals surface area contributed by atoms with Crippen molar-refractivity contribution in [3.05, 3.63) is 0 Å². The molecule has 112 valence electrons. The third kappa shape index (κ3) is 8.95. The van der Waals surface area contributed by atoms with Crippen LogP contribution in [0, 0.1) is 11.3 Å². The van der Waals surface area contributed by atoms with Crippen molar-refractivity contribution in [2.75, 3.05) is 39.5 Å². The van der Waals surface area contributed by atoms with Gasteiger partial charge in [0.2, 0.25) is 0 Å². The Morgan fingerprint density at radius 3 is 2.05 bits per heavy atom. The summed E-state index contributed by atoms with van der Waals surface area (Å²) in [6, 6.07) is 2.38. The molecule has 0 fully saturated rings. The molecule has 0 radical (unpaired) electrons. The molecule has 0 amide bonds. The number of ether oxygens (including phenoxy) is 2. The quantitative estimate of drug-likeness (QED) is 0.575. The van der Waals surface area contributed by atoms with Crippen molar-refractivity contribution in [3.63, 3.8) is 0 Å². The molecule has 0 heterocycles. The molecule has 0 rings (SSSR count). The number of hydrogen-bond acceptors (Lipinski definition) is 5. The molecule has 0 aromatic carbocycles. The molecular weight excluding hydrogens is 242 g/mol. The van der Waals surface area contributed by atoms with Gasteiger partial charge in [-0.25, -0.2) is 0 Å². The van der Waals surface area contributed by atoms with Crippen LogP contribution in [-0.2, 0) is 9.47 Å². The Morgan fingerprint density at radius 1 is 1.21 bits per heavy atom. The summed E-state index contributed by atoms with van der Waals surface area (Å²) in [4.78, 5) is 2.27. The van der Waals surface area contributed by atoms with Gasteiger partial charge >= 0.3 is 0 Å². The average Bonchev–Trinajstić information content (AvgIpc) is 2.36. The highest BCUT2D eigenvalue weighted by atomic mass is 16.5. The molecule has 0 aliphatic heterocycles. The zero-order chi connectivity index (χ0) is 14.7. The molecule has 5 heteroatoms. The van der Waals surface area contributed by atoms with Crippen molar-refractivity contribution in [2.24, 2.45) is 5.73 Å². The van der Waals surface area contributed by atoms with E-state index in [-0.39, 0.29) is 6.04 Å². The molecule has 0 aromatic rings. The van der Waals surface area contributed by atoms with Crippen LogP contribution in [0.2, 0.25) is 0 Å². The summed E-state index contributed by atoms with van der Waals surface area (Å²) in [5, 5.41) is 9.01. The molecule has 2 unspecified atom stereocenters. The molecule has 19 heavy (non-hydrogen) atoms. The molecular formula is C14H29N3O2. The largest absolute Gasteiger partial charge is 0.380 e. The Kier molecular flexibility index (Phi) is 9.80. The van der Waals surface area contributed by atoms with E-state index in [1.165, 1.54) is 0 Å². The van der Waals surface area contributed by atoms with E-state index in [0.29, 0.717) is 19.6 Å². The summed E-state index contributed by atoms with van der Waals surface area (Å²) in [5.41, 5.74) is 5.13. The van der Waals surface area contributed by atoms with Crippen LogP contribution in [0.4, 0.5) is 0 Å². The SMILES string of the molecule is CCOCCN(CCOCC)C(C)CC(C)(N)C#N. The Morgan fingerprint density at radius 2 is 1.68 bits per heavy atom. The highest BCUT2D eigenvalue weighted by Crippen LogP contribution is 2.13. The van der Waals surface area contributed by atoms with Gasteiger partial charge in [-0.1, -0.05) is 0 Å². The van der Waals surface area contributed by atoms with E-state index in [1.807, 2.05) is 13.8 Å².